The van der Waals surface area contributed by atoms with Gasteiger partial charge in [-0.1, -0.05) is 109 Å². The molecule has 1 aliphatic carbocycles. The molecule has 0 saturated heterocycles. The van der Waals surface area contributed by atoms with Gasteiger partial charge in [0.1, 0.15) is 16.9 Å². The normalized spacial score (nSPS) is 16.2. The van der Waals surface area contributed by atoms with Crippen LogP contribution in [-0.2, 0) is 5.41 Å². The Hall–Kier alpha value is -5.00. The SMILES string of the molecule is C/C=C\C=C/CC1(c2c#cccc2)c2ccccc2-c2c(O)ccc(-c3cccc4c3oc3ccccc34)c21. The summed E-state index contributed by atoms with van der Waals surface area (Å²) >= 11 is 0. The zero-order valence-electron chi connectivity index (χ0n) is 21.6. The van der Waals surface area contributed by atoms with E-state index in [9.17, 15) is 5.11 Å². The van der Waals surface area contributed by atoms with Crippen LogP contribution in [-0.4, -0.2) is 5.11 Å². The molecule has 0 aliphatic heterocycles. The average Bonchev–Trinajstić information content (AvgIpc) is 3.51. The number of furan rings is 1. The smallest absolute Gasteiger partial charge is 0.143 e. The second kappa shape index (κ2) is 9.08. The van der Waals surface area contributed by atoms with E-state index in [0.29, 0.717) is 6.42 Å². The highest BCUT2D eigenvalue weighted by Crippen LogP contribution is 2.59. The van der Waals surface area contributed by atoms with E-state index in [4.69, 9.17) is 4.42 Å². The van der Waals surface area contributed by atoms with Gasteiger partial charge in [0.25, 0.3) is 0 Å². The molecule has 1 heterocycles. The van der Waals surface area contributed by atoms with E-state index in [0.717, 1.165) is 60.9 Å². The van der Waals surface area contributed by atoms with Crippen LogP contribution in [0, 0.1) is 12.1 Å². The zero-order valence-corrected chi connectivity index (χ0v) is 21.6. The lowest BCUT2D eigenvalue weighted by atomic mass is 9.68. The van der Waals surface area contributed by atoms with Gasteiger partial charge in [-0.2, -0.15) is 0 Å². The summed E-state index contributed by atoms with van der Waals surface area (Å²) in [4.78, 5) is 0. The first kappa shape index (κ1) is 23.1. The summed E-state index contributed by atoms with van der Waals surface area (Å²) < 4.78 is 6.49. The summed E-state index contributed by atoms with van der Waals surface area (Å²) in [6, 6.07) is 39.5. The highest BCUT2D eigenvalue weighted by Gasteiger charge is 2.47. The molecule has 1 N–H and O–H groups in total. The first-order valence-electron chi connectivity index (χ1n) is 13.3. The molecule has 7 rings (SSSR count). The van der Waals surface area contributed by atoms with Crippen LogP contribution >= 0.6 is 0 Å². The van der Waals surface area contributed by atoms with Crippen molar-refractivity contribution in [3.05, 3.63) is 150 Å². The number of phenols is 1. The maximum absolute atomic E-state index is 11.4. The third kappa shape index (κ3) is 3.37. The molecule has 2 heteroatoms. The lowest BCUT2D eigenvalue weighted by molar-refractivity contribution is 0.476. The van der Waals surface area contributed by atoms with Crippen molar-refractivity contribution >= 4 is 21.9 Å². The topological polar surface area (TPSA) is 33.4 Å². The standard InChI is InChI=1S/C37H26O2/c1-2-3-4-12-24-37(25-14-6-5-7-15-25)31-20-10-8-17-30(31)34-32(38)23-22-27(35(34)37)29-19-13-18-28-26-16-9-11-21-33(26)39-36(28)29/h2-6,8-14,16-23,38H,24H2,1H3/b3-2-,12-4-. The van der Waals surface area contributed by atoms with Gasteiger partial charge in [0.2, 0.25) is 0 Å². The second-order valence-corrected chi connectivity index (χ2v) is 9.98. The Bertz CT molecular complexity index is 1910. The van der Waals surface area contributed by atoms with E-state index in [2.05, 4.69) is 78.9 Å². The molecule has 6 aromatic rings. The van der Waals surface area contributed by atoms with Crippen LogP contribution in [0.4, 0.5) is 0 Å². The van der Waals surface area contributed by atoms with E-state index in [1.165, 1.54) is 0 Å². The van der Waals surface area contributed by atoms with Gasteiger partial charge >= 0.3 is 0 Å². The summed E-state index contributed by atoms with van der Waals surface area (Å²) in [6.07, 6.45) is 9.08. The minimum Gasteiger partial charge on any atom is -0.507 e. The Morgan fingerprint density at radius 1 is 0.795 bits per heavy atom. The van der Waals surface area contributed by atoms with Gasteiger partial charge in [-0.25, -0.2) is 0 Å². The minimum atomic E-state index is -0.579. The molecule has 0 saturated carbocycles. The van der Waals surface area contributed by atoms with Gasteiger partial charge in [0, 0.05) is 27.5 Å². The van der Waals surface area contributed by atoms with Crippen LogP contribution in [0.5, 0.6) is 5.75 Å². The number of para-hydroxylation sites is 2. The van der Waals surface area contributed by atoms with E-state index >= 15 is 0 Å². The summed E-state index contributed by atoms with van der Waals surface area (Å²) in [7, 11) is 0. The molecule has 5 aromatic carbocycles. The number of benzene rings is 4. The molecule has 0 amide bonds. The monoisotopic (exact) mass is 502 g/mol. The van der Waals surface area contributed by atoms with Gasteiger partial charge < -0.3 is 9.52 Å². The fourth-order valence-electron chi connectivity index (χ4n) is 6.34. The molecule has 0 radical (unpaired) electrons. The maximum atomic E-state index is 11.4. The van der Waals surface area contributed by atoms with Gasteiger partial charge in [-0.15, -0.1) is 0 Å². The molecule has 2 nitrogen and oxygen atoms in total. The average molecular weight is 503 g/mol. The summed E-state index contributed by atoms with van der Waals surface area (Å²) in [5, 5.41) is 13.6. The summed E-state index contributed by atoms with van der Waals surface area (Å²) in [5.41, 5.74) is 8.34. The lowest BCUT2D eigenvalue weighted by Gasteiger charge is -2.32. The fourth-order valence-corrected chi connectivity index (χ4v) is 6.34. The van der Waals surface area contributed by atoms with Gasteiger partial charge in [-0.3, -0.25) is 0 Å². The molecular formula is C37H26O2. The van der Waals surface area contributed by atoms with Crippen LogP contribution in [0.25, 0.3) is 44.2 Å². The van der Waals surface area contributed by atoms with Crippen molar-refractivity contribution in [1.82, 2.24) is 0 Å². The predicted octanol–water partition coefficient (Wildman–Crippen LogP) is 9.40. The third-order valence-electron chi connectivity index (χ3n) is 7.93. The van der Waals surface area contributed by atoms with Crippen molar-refractivity contribution in [2.45, 2.75) is 18.8 Å². The Kier molecular flexibility index (Phi) is 5.39. The second-order valence-electron chi connectivity index (χ2n) is 9.98. The highest BCUT2D eigenvalue weighted by atomic mass is 16.3. The van der Waals surface area contributed by atoms with Crippen molar-refractivity contribution in [2.24, 2.45) is 0 Å². The van der Waals surface area contributed by atoms with Crippen LogP contribution in [0.3, 0.4) is 0 Å². The number of rotatable bonds is 5. The van der Waals surface area contributed by atoms with Crippen molar-refractivity contribution in [1.29, 1.82) is 0 Å². The quantitative estimate of drug-likeness (QED) is 0.238. The molecule has 0 bridgehead atoms. The van der Waals surface area contributed by atoms with E-state index in [-0.39, 0.29) is 5.75 Å². The first-order chi connectivity index (χ1) is 19.2. The molecule has 0 fully saturated rings. The molecular weight excluding hydrogens is 476 g/mol. The van der Waals surface area contributed by atoms with Crippen molar-refractivity contribution in [3.63, 3.8) is 0 Å². The van der Waals surface area contributed by atoms with Crippen molar-refractivity contribution < 1.29 is 9.52 Å². The number of allylic oxidation sites excluding steroid dienone is 4. The Morgan fingerprint density at radius 3 is 2.49 bits per heavy atom. The van der Waals surface area contributed by atoms with Gasteiger partial charge in [0.05, 0.1) is 5.41 Å². The largest absolute Gasteiger partial charge is 0.507 e. The number of hydrogen-bond acceptors (Lipinski definition) is 2. The highest BCUT2D eigenvalue weighted by molar-refractivity contribution is 6.10. The number of hydrogen-bond donors (Lipinski definition) is 1. The van der Waals surface area contributed by atoms with Crippen LogP contribution < -0.4 is 0 Å². The predicted molar refractivity (Wildman–Crippen MR) is 159 cm³/mol. The third-order valence-corrected chi connectivity index (χ3v) is 7.93. The van der Waals surface area contributed by atoms with Gasteiger partial charge in [-0.05, 0) is 59.9 Å². The maximum Gasteiger partial charge on any atom is 0.143 e. The van der Waals surface area contributed by atoms with Crippen LogP contribution in [0.1, 0.15) is 30.0 Å². The molecule has 1 atom stereocenters. The van der Waals surface area contributed by atoms with Gasteiger partial charge in [0.15, 0.2) is 0 Å². The zero-order chi connectivity index (χ0) is 26.4. The minimum absolute atomic E-state index is 0.275. The summed E-state index contributed by atoms with van der Waals surface area (Å²) in [5.74, 6) is 0.275. The summed E-state index contributed by atoms with van der Waals surface area (Å²) in [6.45, 7) is 2.02. The van der Waals surface area contributed by atoms with Crippen LogP contribution in [0.15, 0.2) is 126 Å². The number of fused-ring (bicyclic) bond motifs is 6. The van der Waals surface area contributed by atoms with Crippen molar-refractivity contribution in [3.8, 4) is 28.0 Å². The van der Waals surface area contributed by atoms with E-state index < -0.39 is 5.41 Å². The van der Waals surface area contributed by atoms with Crippen molar-refractivity contribution in [2.75, 3.05) is 0 Å². The molecule has 186 valence electrons. The lowest BCUT2D eigenvalue weighted by Crippen LogP contribution is -2.27. The molecule has 1 unspecified atom stereocenters. The van der Waals surface area contributed by atoms with Crippen LogP contribution in [0.2, 0.25) is 0 Å². The first-order valence-corrected chi connectivity index (χ1v) is 13.3. The molecule has 1 aliphatic rings. The Balaban J connectivity index is 1.61. The number of aromatic hydroxyl groups is 1. The molecule has 0 spiro atoms. The Morgan fingerprint density at radius 2 is 1.62 bits per heavy atom. The van der Waals surface area contributed by atoms with E-state index in [1.54, 1.807) is 0 Å². The Labute approximate surface area is 228 Å². The number of phenolic OH excluding ortho intramolecular Hbond substituents is 1. The fraction of sp³-hybridized carbons (Fsp3) is 0.0811. The van der Waals surface area contributed by atoms with E-state index in [1.807, 2.05) is 61.5 Å². The molecule has 1 aromatic heterocycles. The molecule has 39 heavy (non-hydrogen) atoms.